The first-order chi connectivity index (χ1) is 5.43. The van der Waals surface area contributed by atoms with Gasteiger partial charge in [0.25, 0.3) is 0 Å². The Morgan fingerprint density at radius 2 is 1.82 bits per heavy atom. The van der Waals surface area contributed by atoms with Crippen molar-refractivity contribution < 1.29 is 5.11 Å². The number of allylic oxidation sites excluding steroid dienone is 1. The molecule has 0 unspecified atom stereocenters. The summed E-state index contributed by atoms with van der Waals surface area (Å²) in [4.78, 5) is 0. The van der Waals surface area contributed by atoms with E-state index >= 15 is 0 Å². The Labute approximate surface area is 67.0 Å². The van der Waals surface area contributed by atoms with Crippen LogP contribution in [0.5, 0.6) is 0 Å². The molecule has 0 aliphatic carbocycles. The summed E-state index contributed by atoms with van der Waals surface area (Å²) in [7, 11) is 0. The molecule has 0 amide bonds. The van der Waals surface area contributed by atoms with Gasteiger partial charge in [-0.3, -0.25) is 0 Å². The molecule has 0 aliphatic rings. The van der Waals surface area contributed by atoms with Gasteiger partial charge in [-0.15, -0.1) is 0 Å². The smallest absolute Gasteiger partial charge is 0.0612 e. The number of benzene rings is 1. The molecular weight excluding hydrogens is 136 g/mol. The predicted octanol–water partition coefficient (Wildman–Crippen LogP) is 1.78. The molecule has 0 aliphatic heterocycles. The third-order valence-corrected chi connectivity index (χ3v) is 1.47. The van der Waals surface area contributed by atoms with E-state index in [1.165, 1.54) is 5.56 Å². The maximum atomic E-state index is 8.46. The average molecular weight is 148 g/mol. The molecule has 0 fully saturated rings. The lowest BCUT2D eigenvalue weighted by Crippen LogP contribution is -1.79. The van der Waals surface area contributed by atoms with Gasteiger partial charge >= 0.3 is 0 Å². The minimum atomic E-state index is 0.132. The minimum Gasteiger partial charge on any atom is -0.392 e. The van der Waals surface area contributed by atoms with Gasteiger partial charge in [-0.05, 0) is 12.0 Å². The summed E-state index contributed by atoms with van der Waals surface area (Å²) >= 11 is 0. The summed E-state index contributed by atoms with van der Waals surface area (Å²) in [6.07, 6.45) is 4.63. The molecule has 0 atom stereocenters. The number of aliphatic hydroxyl groups is 1. The predicted molar refractivity (Wildman–Crippen MR) is 46.4 cm³/mol. The molecule has 0 bridgehead atoms. The zero-order chi connectivity index (χ0) is 7.94. The van der Waals surface area contributed by atoms with Gasteiger partial charge in [0.05, 0.1) is 6.61 Å². The topological polar surface area (TPSA) is 20.2 Å². The fraction of sp³-hybridized carbons (Fsp3) is 0.200. The zero-order valence-electron chi connectivity index (χ0n) is 6.40. The van der Waals surface area contributed by atoms with E-state index in [4.69, 9.17) is 5.11 Å². The van der Waals surface area contributed by atoms with Gasteiger partial charge in [0.2, 0.25) is 0 Å². The second-order valence-corrected chi connectivity index (χ2v) is 2.34. The van der Waals surface area contributed by atoms with Gasteiger partial charge < -0.3 is 5.11 Å². The second-order valence-electron chi connectivity index (χ2n) is 2.34. The highest BCUT2D eigenvalue weighted by Crippen LogP contribution is 1.99. The van der Waals surface area contributed by atoms with Crippen LogP contribution in [0.3, 0.4) is 0 Å². The molecular formula is C10H12O. The van der Waals surface area contributed by atoms with Crippen molar-refractivity contribution in [3.05, 3.63) is 48.0 Å². The highest BCUT2D eigenvalue weighted by molar-refractivity contribution is 5.17. The van der Waals surface area contributed by atoms with Crippen LogP contribution in [0.1, 0.15) is 5.56 Å². The number of hydrogen-bond acceptors (Lipinski definition) is 1. The molecule has 0 aromatic heterocycles. The third-order valence-electron chi connectivity index (χ3n) is 1.47. The van der Waals surface area contributed by atoms with E-state index in [2.05, 4.69) is 12.1 Å². The number of hydrogen-bond donors (Lipinski definition) is 1. The van der Waals surface area contributed by atoms with Crippen LogP contribution in [0.2, 0.25) is 0 Å². The van der Waals surface area contributed by atoms with E-state index in [-0.39, 0.29) is 6.61 Å². The first kappa shape index (κ1) is 8.02. The van der Waals surface area contributed by atoms with Crippen molar-refractivity contribution in [2.45, 2.75) is 6.42 Å². The van der Waals surface area contributed by atoms with Gasteiger partial charge in [0.15, 0.2) is 0 Å². The molecule has 1 aromatic carbocycles. The van der Waals surface area contributed by atoms with Gasteiger partial charge in [-0.2, -0.15) is 0 Å². The van der Waals surface area contributed by atoms with E-state index in [0.717, 1.165) is 6.42 Å². The quantitative estimate of drug-likeness (QED) is 0.648. The first-order valence-corrected chi connectivity index (χ1v) is 3.73. The lowest BCUT2D eigenvalue weighted by Gasteiger charge is -1.92. The lowest BCUT2D eigenvalue weighted by atomic mass is 10.1. The van der Waals surface area contributed by atoms with Crippen LogP contribution in [0.15, 0.2) is 42.5 Å². The molecule has 0 saturated heterocycles. The molecule has 0 heterocycles. The molecule has 1 rings (SSSR count). The van der Waals surface area contributed by atoms with Crippen molar-refractivity contribution in [2.75, 3.05) is 6.61 Å². The Hall–Kier alpha value is -1.08. The fourth-order valence-electron chi connectivity index (χ4n) is 0.908. The summed E-state index contributed by atoms with van der Waals surface area (Å²) in [5, 5.41) is 8.46. The normalized spacial score (nSPS) is 10.6. The molecule has 58 valence electrons. The van der Waals surface area contributed by atoms with Crippen LogP contribution >= 0.6 is 0 Å². The molecule has 1 aromatic rings. The van der Waals surface area contributed by atoms with Gasteiger partial charge in [0, 0.05) is 0 Å². The molecule has 0 spiro atoms. The molecule has 1 heteroatoms. The SMILES string of the molecule is OC/C=C\Cc1ccccc1. The van der Waals surface area contributed by atoms with Crippen molar-refractivity contribution in [2.24, 2.45) is 0 Å². The van der Waals surface area contributed by atoms with Crippen molar-refractivity contribution in [3.63, 3.8) is 0 Å². The monoisotopic (exact) mass is 148 g/mol. The largest absolute Gasteiger partial charge is 0.392 e. The standard InChI is InChI=1S/C10H12O/c11-9-5-4-8-10-6-2-1-3-7-10/h1-7,11H,8-9H2/b5-4-. The highest BCUT2D eigenvalue weighted by atomic mass is 16.2. The molecule has 0 saturated carbocycles. The van der Waals surface area contributed by atoms with E-state index in [9.17, 15) is 0 Å². The second kappa shape index (κ2) is 4.69. The van der Waals surface area contributed by atoms with Gasteiger partial charge in [-0.25, -0.2) is 0 Å². The van der Waals surface area contributed by atoms with Crippen LogP contribution in [0, 0.1) is 0 Å². The van der Waals surface area contributed by atoms with E-state index in [1.807, 2.05) is 24.3 Å². The Kier molecular flexibility index (Phi) is 3.42. The van der Waals surface area contributed by atoms with E-state index < -0.39 is 0 Å². The van der Waals surface area contributed by atoms with Crippen LogP contribution in [-0.4, -0.2) is 11.7 Å². The number of aliphatic hydroxyl groups excluding tert-OH is 1. The fourth-order valence-corrected chi connectivity index (χ4v) is 0.908. The molecule has 11 heavy (non-hydrogen) atoms. The highest BCUT2D eigenvalue weighted by Gasteiger charge is 1.83. The minimum absolute atomic E-state index is 0.132. The Bertz CT molecular complexity index is 214. The maximum absolute atomic E-state index is 8.46. The molecule has 1 N–H and O–H groups in total. The summed E-state index contributed by atoms with van der Waals surface area (Å²) < 4.78 is 0. The van der Waals surface area contributed by atoms with Crippen LogP contribution in [0.4, 0.5) is 0 Å². The van der Waals surface area contributed by atoms with Crippen molar-refractivity contribution in [1.29, 1.82) is 0 Å². The molecule has 1 nitrogen and oxygen atoms in total. The zero-order valence-corrected chi connectivity index (χ0v) is 6.40. The van der Waals surface area contributed by atoms with E-state index in [1.54, 1.807) is 6.08 Å². The van der Waals surface area contributed by atoms with Crippen LogP contribution in [0.25, 0.3) is 0 Å². The Morgan fingerprint density at radius 1 is 1.09 bits per heavy atom. The Balaban J connectivity index is 2.45. The van der Waals surface area contributed by atoms with Crippen molar-refractivity contribution in [1.82, 2.24) is 0 Å². The third kappa shape index (κ3) is 3.01. The van der Waals surface area contributed by atoms with Gasteiger partial charge in [0.1, 0.15) is 0 Å². The summed E-state index contributed by atoms with van der Waals surface area (Å²) in [5.74, 6) is 0. The van der Waals surface area contributed by atoms with Crippen molar-refractivity contribution in [3.8, 4) is 0 Å². The lowest BCUT2D eigenvalue weighted by molar-refractivity contribution is 0.342. The maximum Gasteiger partial charge on any atom is 0.0612 e. The van der Waals surface area contributed by atoms with E-state index in [0.29, 0.717) is 0 Å². The number of rotatable bonds is 3. The average Bonchev–Trinajstić information content (AvgIpc) is 2.07. The first-order valence-electron chi connectivity index (χ1n) is 3.73. The van der Waals surface area contributed by atoms with Crippen LogP contribution in [-0.2, 0) is 6.42 Å². The van der Waals surface area contributed by atoms with Gasteiger partial charge in [-0.1, -0.05) is 42.5 Å². The summed E-state index contributed by atoms with van der Waals surface area (Å²) in [6, 6.07) is 10.2. The van der Waals surface area contributed by atoms with Crippen LogP contribution < -0.4 is 0 Å². The van der Waals surface area contributed by atoms with Crippen molar-refractivity contribution >= 4 is 0 Å². The Morgan fingerprint density at radius 3 is 2.45 bits per heavy atom. The summed E-state index contributed by atoms with van der Waals surface area (Å²) in [5.41, 5.74) is 1.28. The summed E-state index contributed by atoms with van der Waals surface area (Å²) in [6.45, 7) is 0.132. The molecule has 0 radical (unpaired) electrons.